The van der Waals surface area contributed by atoms with Crippen LogP contribution in [0.5, 0.6) is 0 Å². The summed E-state index contributed by atoms with van der Waals surface area (Å²) in [6, 6.07) is 23.0. The smallest absolute Gasteiger partial charge is 0.175 e. The number of hydrogen-bond acceptors (Lipinski definition) is 3. The third kappa shape index (κ3) is 2.80. The fourth-order valence-electron chi connectivity index (χ4n) is 3.13. The summed E-state index contributed by atoms with van der Waals surface area (Å²) in [5.41, 5.74) is 4.99. The molecule has 26 heavy (non-hydrogen) atoms. The first kappa shape index (κ1) is 16.5. The second-order valence-electron chi connectivity index (χ2n) is 6.34. The summed E-state index contributed by atoms with van der Waals surface area (Å²) >= 11 is 0. The number of aromatic nitrogens is 2. The molecule has 0 saturated carbocycles. The fraction of sp³-hybridized carbons (Fsp3) is 0.0952. The van der Waals surface area contributed by atoms with E-state index in [-0.39, 0.29) is 0 Å². The number of benzene rings is 3. The van der Waals surface area contributed by atoms with Gasteiger partial charge in [0.1, 0.15) is 5.82 Å². The van der Waals surface area contributed by atoms with Crippen molar-refractivity contribution in [3.63, 3.8) is 0 Å². The van der Waals surface area contributed by atoms with Crippen molar-refractivity contribution in [2.45, 2.75) is 11.8 Å². The Labute approximate surface area is 152 Å². The Morgan fingerprint density at radius 2 is 1.50 bits per heavy atom. The van der Waals surface area contributed by atoms with Crippen LogP contribution in [0.2, 0.25) is 0 Å². The first-order valence-corrected chi connectivity index (χ1v) is 10.2. The fourth-order valence-corrected chi connectivity index (χ4v) is 3.76. The number of nitrogens with zero attached hydrogens (tertiary/aromatic N) is 2. The summed E-state index contributed by atoms with van der Waals surface area (Å²) in [5.74, 6) is 0.792. The third-order valence-electron chi connectivity index (χ3n) is 4.46. The van der Waals surface area contributed by atoms with Crippen LogP contribution in [0.3, 0.4) is 0 Å². The molecule has 5 heteroatoms. The molecular formula is C21H18N2O2S. The normalized spacial score (nSPS) is 11.8. The lowest BCUT2D eigenvalue weighted by molar-refractivity contribution is 0.602. The van der Waals surface area contributed by atoms with E-state index in [0.29, 0.717) is 4.90 Å². The molecule has 1 heterocycles. The monoisotopic (exact) mass is 362 g/mol. The summed E-state index contributed by atoms with van der Waals surface area (Å²) in [7, 11) is -3.22. The zero-order valence-corrected chi connectivity index (χ0v) is 15.4. The van der Waals surface area contributed by atoms with E-state index in [1.807, 2.05) is 48.5 Å². The quantitative estimate of drug-likeness (QED) is 0.543. The predicted molar refractivity (Wildman–Crippen MR) is 104 cm³/mol. The molecule has 4 rings (SSSR count). The van der Waals surface area contributed by atoms with E-state index in [4.69, 9.17) is 4.98 Å². The van der Waals surface area contributed by atoms with Crippen molar-refractivity contribution in [2.75, 3.05) is 6.26 Å². The highest BCUT2D eigenvalue weighted by molar-refractivity contribution is 7.90. The minimum Gasteiger partial charge on any atom is -0.292 e. The van der Waals surface area contributed by atoms with Crippen molar-refractivity contribution in [3.8, 4) is 17.1 Å². The van der Waals surface area contributed by atoms with Crippen LogP contribution in [0.25, 0.3) is 28.1 Å². The van der Waals surface area contributed by atoms with Crippen LogP contribution in [0.4, 0.5) is 0 Å². The molecular weight excluding hydrogens is 344 g/mol. The van der Waals surface area contributed by atoms with Crippen LogP contribution in [0.1, 0.15) is 5.56 Å². The molecule has 1 aromatic heterocycles. The van der Waals surface area contributed by atoms with E-state index in [1.54, 1.807) is 12.1 Å². The summed E-state index contributed by atoms with van der Waals surface area (Å²) in [4.78, 5) is 5.11. The maximum Gasteiger partial charge on any atom is 0.175 e. The van der Waals surface area contributed by atoms with Gasteiger partial charge in [-0.05, 0) is 55.0 Å². The number of fused-ring (bicyclic) bond motifs is 1. The highest BCUT2D eigenvalue weighted by Crippen LogP contribution is 2.30. The second kappa shape index (κ2) is 6.11. The molecule has 0 aliphatic heterocycles. The van der Waals surface area contributed by atoms with Gasteiger partial charge in [-0.2, -0.15) is 0 Å². The summed E-state index contributed by atoms with van der Waals surface area (Å²) < 4.78 is 25.6. The van der Waals surface area contributed by atoms with Crippen molar-refractivity contribution < 1.29 is 8.42 Å². The molecule has 0 unspecified atom stereocenters. The lowest BCUT2D eigenvalue weighted by Crippen LogP contribution is -2.00. The van der Waals surface area contributed by atoms with Gasteiger partial charge in [0, 0.05) is 11.8 Å². The number of hydrogen-bond donors (Lipinski definition) is 0. The zero-order valence-electron chi connectivity index (χ0n) is 14.5. The molecule has 0 bridgehead atoms. The third-order valence-corrected chi connectivity index (χ3v) is 5.59. The van der Waals surface area contributed by atoms with Crippen molar-refractivity contribution in [1.29, 1.82) is 0 Å². The van der Waals surface area contributed by atoms with Gasteiger partial charge >= 0.3 is 0 Å². The molecule has 0 atom stereocenters. The van der Waals surface area contributed by atoms with Crippen molar-refractivity contribution >= 4 is 20.9 Å². The van der Waals surface area contributed by atoms with Crippen LogP contribution in [-0.4, -0.2) is 24.2 Å². The number of rotatable bonds is 3. The van der Waals surface area contributed by atoms with Gasteiger partial charge in [-0.3, -0.25) is 4.57 Å². The van der Waals surface area contributed by atoms with Gasteiger partial charge in [-0.25, -0.2) is 13.4 Å². The maximum atomic E-state index is 11.7. The van der Waals surface area contributed by atoms with Crippen LogP contribution in [0, 0.1) is 6.92 Å². The lowest BCUT2D eigenvalue weighted by Gasteiger charge is -2.12. The minimum absolute atomic E-state index is 0.305. The largest absolute Gasteiger partial charge is 0.292 e. The van der Waals surface area contributed by atoms with Crippen LogP contribution in [0.15, 0.2) is 77.7 Å². The number of para-hydroxylation sites is 3. The molecule has 0 spiro atoms. The molecule has 3 aromatic carbocycles. The Morgan fingerprint density at radius 3 is 2.19 bits per heavy atom. The van der Waals surface area contributed by atoms with Gasteiger partial charge in [0.05, 0.1) is 21.6 Å². The minimum atomic E-state index is -3.22. The first-order valence-electron chi connectivity index (χ1n) is 8.29. The SMILES string of the molecule is Cc1ccccc1-n1c(-c2ccc(S(C)(=O)=O)cc2)nc2ccccc21. The Bertz CT molecular complexity index is 1210. The van der Waals surface area contributed by atoms with E-state index >= 15 is 0 Å². The average Bonchev–Trinajstić information content (AvgIpc) is 3.01. The molecule has 4 nitrogen and oxygen atoms in total. The topological polar surface area (TPSA) is 52.0 Å². The Kier molecular flexibility index (Phi) is 3.89. The first-order chi connectivity index (χ1) is 12.4. The molecule has 4 aromatic rings. The highest BCUT2D eigenvalue weighted by atomic mass is 32.2. The van der Waals surface area contributed by atoms with Gasteiger partial charge in [-0.15, -0.1) is 0 Å². The molecule has 0 fully saturated rings. The summed E-state index contributed by atoms with van der Waals surface area (Å²) in [6.07, 6.45) is 1.21. The van der Waals surface area contributed by atoms with Gasteiger partial charge in [0.25, 0.3) is 0 Å². The van der Waals surface area contributed by atoms with E-state index in [9.17, 15) is 8.42 Å². The van der Waals surface area contributed by atoms with Gasteiger partial charge < -0.3 is 0 Å². The van der Waals surface area contributed by atoms with E-state index < -0.39 is 9.84 Å². The van der Waals surface area contributed by atoms with Crippen molar-refractivity contribution in [1.82, 2.24) is 9.55 Å². The summed E-state index contributed by atoms with van der Waals surface area (Å²) in [6.45, 7) is 2.07. The lowest BCUT2D eigenvalue weighted by atomic mass is 10.1. The maximum absolute atomic E-state index is 11.7. The molecule has 0 aliphatic rings. The Hall–Kier alpha value is -2.92. The molecule has 0 radical (unpaired) electrons. The Morgan fingerprint density at radius 1 is 0.846 bits per heavy atom. The van der Waals surface area contributed by atoms with Crippen LogP contribution >= 0.6 is 0 Å². The number of aryl methyl sites for hydroxylation is 1. The van der Waals surface area contributed by atoms with Crippen LogP contribution < -0.4 is 0 Å². The molecule has 0 aliphatic carbocycles. The highest BCUT2D eigenvalue weighted by Gasteiger charge is 2.16. The molecule has 130 valence electrons. The average molecular weight is 362 g/mol. The summed E-state index contributed by atoms with van der Waals surface area (Å²) in [5, 5.41) is 0. The zero-order chi connectivity index (χ0) is 18.3. The second-order valence-corrected chi connectivity index (χ2v) is 8.36. The number of sulfone groups is 1. The van der Waals surface area contributed by atoms with E-state index in [0.717, 1.165) is 33.7 Å². The van der Waals surface area contributed by atoms with Crippen molar-refractivity contribution in [3.05, 3.63) is 78.4 Å². The van der Waals surface area contributed by atoms with E-state index in [2.05, 4.69) is 23.6 Å². The van der Waals surface area contributed by atoms with Gasteiger partial charge in [0.2, 0.25) is 0 Å². The van der Waals surface area contributed by atoms with Crippen molar-refractivity contribution in [2.24, 2.45) is 0 Å². The standard InChI is InChI=1S/C21H18N2O2S/c1-15-7-3-5-9-19(15)23-20-10-6-4-8-18(20)22-21(23)16-11-13-17(14-12-16)26(2,24)25/h3-14H,1-2H3. The Balaban J connectivity index is 1.99. The van der Waals surface area contributed by atoms with Crippen LogP contribution in [-0.2, 0) is 9.84 Å². The van der Waals surface area contributed by atoms with Gasteiger partial charge in [0.15, 0.2) is 9.84 Å². The number of imidazole rings is 1. The predicted octanol–water partition coefficient (Wildman–Crippen LogP) is 4.40. The molecule has 0 amide bonds. The molecule has 0 N–H and O–H groups in total. The van der Waals surface area contributed by atoms with E-state index in [1.165, 1.54) is 6.26 Å². The van der Waals surface area contributed by atoms with Gasteiger partial charge in [-0.1, -0.05) is 30.3 Å². The molecule has 0 saturated heterocycles.